The minimum atomic E-state index is -0.0970. The van der Waals surface area contributed by atoms with E-state index in [1.54, 1.807) is 0 Å². The van der Waals surface area contributed by atoms with Crippen LogP contribution in [0, 0.1) is 13.8 Å². The standard InChI is InChI=1S/C21H20N2O/c1-15-8-10-17(11-9-15)14-22-21(24)19-12-13-20(23-16(19)2)18-6-4-3-5-7-18/h3-13H,14H2,1-2H3,(H,22,24). The molecule has 3 nitrogen and oxygen atoms in total. The van der Waals surface area contributed by atoms with E-state index in [4.69, 9.17) is 0 Å². The van der Waals surface area contributed by atoms with Gasteiger partial charge in [-0.2, -0.15) is 0 Å². The Morgan fingerprint density at radius 3 is 2.29 bits per heavy atom. The molecule has 0 radical (unpaired) electrons. The van der Waals surface area contributed by atoms with Gasteiger partial charge in [-0.3, -0.25) is 9.78 Å². The van der Waals surface area contributed by atoms with Crippen molar-refractivity contribution in [2.24, 2.45) is 0 Å². The number of pyridine rings is 1. The summed E-state index contributed by atoms with van der Waals surface area (Å²) in [6, 6.07) is 21.8. The van der Waals surface area contributed by atoms with Crippen LogP contribution in [0.25, 0.3) is 11.3 Å². The largest absolute Gasteiger partial charge is 0.348 e. The summed E-state index contributed by atoms with van der Waals surface area (Å²) in [6.07, 6.45) is 0. The normalized spacial score (nSPS) is 10.4. The minimum Gasteiger partial charge on any atom is -0.348 e. The van der Waals surface area contributed by atoms with Gasteiger partial charge in [0.2, 0.25) is 0 Å². The van der Waals surface area contributed by atoms with Crippen molar-refractivity contribution in [2.45, 2.75) is 20.4 Å². The van der Waals surface area contributed by atoms with Gasteiger partial charge in [0.25, 0.3) is 5.91 Å². The number of aromatic nitrogens is 1. The molecule has 0 aliphatic rings. The number of carbonyl (C=O) groups is 1. The van der Waals surface area contributed by atoms with Crippen LogP contribution in [0.3, 0.4) is 0 Å². The molecule has 3 heteroatoms. The first-order valence-corrected chi connectivity index (χ1v) is 8.00. The molecule has 0 atom stereocenters. The lowest BCUT2D eigenvalue weighted by Gasteiger charge is -2.09. The lowest BCUT2D eigenvalue weighted by atomic mass is 10.1. The van der Waals surface area contributed by atoms with E-state index >= 15 is 0 Å². The van der Waals surface area contributed by atoms with E-state index in [-0.39, 0.29) is 5.91 Å². The molecule has 0 fully saturated rings. The Balaban J connectivity index is 1.72. The van der Waals surface area contributed by atoms with Crippen molar-refractivity contribution in [1.82, 2.24) is 10.3 Å². The van der Waals surface area contributed by atoms with Gasteiger partial charge in [0, 0.05) is 12.1 Å². The molecule has 2 aromatic carbocycles. The van der Waals surface area contributed by atoms with Gasteiger partial charge in [-0.25, -0.2) is 0 Å². The highest BCUT2D eigenvalue weighted by Gasteiger charge is 2.11. The van der Waals surface area contributed by atoms with Gasteiger partial charge in [0.1, 0.15) is 0 Å². The summed E-state index contributed by atoms with van der Waals surface area (Å²) in [5.74, 6) is -0.0970. The van der Waals surface area contributed by atoms with Crippen LogP contribution in [-0.2, 0) is 6.54 Å². The number of aryl methyl sites for hydroxylation is 2. The van der Waals surface area contributed by atoms with E-state index < -0.39 is 0 Å². The van der Waals surface area contributed by atoms with Crippen molar-refractivity contribution in [3.8, 4) is 11.3 Å². The molecular formula is C21H20N2O. The average molecular weight is 316 g/mol. The number of hydrogen-bond donors (Lipinski definition) is 1. The highest BCUT2D eigenvalue weighted by atomic mass is 16.1. The molecule has 1 heterocycles. The lowest BCUT2D eigenvalue weighted by molar-refractivity contribution is 0.0950. The molecule has 1 amide bonds. The second-order valence-corrected chi connectivity index (χ2v) is 5.86. The zero-order valence-corrected chi connectivity index (χ0v) is 13.9. The molecular weight excluding hydrogens is 296 g/mol. The van der Waals surface area contributed by atoms with Crippen LogP contribution in [-0.4, -0.2) is 10.9 Å². The van der Waals surface area contributed by atoms with Gasteiger partial charge >= 0.3 is 0 Å². The Morgan fingerprint density at radius 2 is 1.62 bits per heavy atom. The van der Waals surface area contributed by atoms with E-state index in [2.05, 4.69) is 10.3 Å². The summed E-state index contributed by atoms with van der Waals surface area (Å²) in [4.78, 5) is 17.0. The minimum absolute atomic E-state index is 0.0970. The Bertz CT molecular complexity index is 839. The number of rotatable bonds is 4. The van der Waals surface area contributed by atoms with Crippen molar-refractivity contribution in [1.29, 1.82) is 0 Å². The third-order valence-electron chi connectivity index (χ3n) is 3.97. The Kier molecular flexibility index (Phi) is 4.71. The van der Waals surface area contributed by atoms with E-state index in [1.807, 2.05) is 80.6 Å². The van der Waals surface area contributed by atoms with Crippen molar-refractivity contribution in [2.75, 3.05) is 0 Å². The van der Waals surface area contributed by atoms with Gasteiger partial charge in [-0.15, -0.1) is 0 Å². The van der Waals surface area contributed by atoms with E-state index in [1.165, 1.54) is 5.56 Å². The van der Waals surface area contributed by atoms with Crippen molar-refractivity contribution in [3.63, 3.8) is 0 Å². The van der Waals surface area contributed by atoms with Crippen LogP contribution in [0.15, 0.2) is 66.7 Å². The smallest absolute Gasteiger partial charge is 0.253 e. The first-order valence-electron chi connectivity index (χ1n) is 8.00. The molecule has 0 aliphatic heterocycles. The highest BCUT2D eigenvalue weighted by Crippen LogP contribution is 2.18. The van der Waals surface area contributed by atoms with Gasteiger partial charge < -0.3 is 5.32 Å². The summed E-state index contributed by atoms with van der Waals surface area (Å²) in [6.45, 7) is 4.43. The monoisotopic (exact) mass is 316 g/mol. The van der Waals surface area contributed by atoms with Crippen LogP contribution < -0.4 is 5.32 Å². The predicted molar refractivity (Wildman–Crippen MR) is 96.8 cm³/mol. The van der Waals surface area contributed by atoms with Crippen LogP contribution in [0.4, 0.5) is 0 Å². The van der Waals surface area contributed by atoms with E-state index in [0.29, 0.717) is 12.1 Å². The number of carbonyl (C=O) groups excluding carboxylic acids is 1. The van der Waals surface area contributed by atoms with Crippen molar-refractivity contribution < 1.29 is 4.79 Å². The fraction of sp³-hybridized carbons (Fsp3) is 0.143. The zero-order chi connectivity index (χ0) is 16.9. The molecule has 24 heavy (non-hydrogen) atoms. The SMILES string of the molecule is Cc1ccc(CNC(=O)c2ccc(-c3ccccc3)nc2C)cc1. The van der Waals surface area contributed by atoms with Gasteiger partial charge in [-0.1, -0.05) is 60.2 Å². The third kappa shape index (κ3) is 3.69. The maximum Gasteiger partial charge on any atom is 0.253 e. The molecule has 0 unspecified atom stereocenters. The number of hydrogen-bond acceptors (Lipinski definition) is 2. The Morgan fingerprint density at radius 1 is 0.917 bits per heavy atom. The zero-order valence-electron chi connectivity index (χ0n) is 13.9. The summed E-state index contributed by atoms with van der Waals surface area (Å²) >= 11 is 0. The van der Waals surface area contributed by atoms with E-state index in [0.717, 1.165) is 22.5 Å². The number of nitrogens with one attached hydrogen (secondary N) is 1. The quantitative estimate of drug-likeness (QED) is 0.780. The summed E-state index contributed by atoms with van der Waals surface area (Å²) < 4.78 is 0. The lowest BCUT2D eigenvalue weighted by Crippen LogP contribution is -2.24. The maximum atomic E-state index is 12.4. The first kappa shape index (κ1) is 15.9. The summed E-state index contributed by atoms with van der Waals surface area (Å²) in [7, 11) is 0. The molecule has 0 saturated carbocycles. The number of benzene rings is 2. The highest BCUT2D eigenvalue weighted by molar-refractivity contribution is 5.95. The van der Waals surface area contributed by atoms with Crippen molar-refractivity contribution >= 4 is 5.91 Å². The van der Waals surface area contributed by atoms with Gasteiger partial charge in [0.05, 0.1) is 17.0 Å². The second kappa shape index (κ2) is 7.09. The predicted octanol–water partition coefficient (Wildman–Crippen LogP) is 4.30. The molecule has 3 aromatic rings. The molecule has 0 aliphatic carbocycles. The molecule has 1 aromatic heterocycles. The maximum absolute atomic E-state index is 12.4. The number of nitrogens with zero attached hydrogens (tertiary/aromatic N) is 1. The van der Waals surface area contributed by atoms with Gasteiger partial charge in [0.15, 0.2) is 0 Å². The van der Waals surface area contributed by atoms with Gasteiger partial charge in [-0.05, 0) is 31.5 Å². The molecule has 0 saturated heterocycles. The Hall–Kier alpha value is -2.94. The molecule has 3 rings (SSSR count). The summed E-state index contributed by atoms with van der Waals surface area (Å²) in [5, 5.41) is 2.96. The number of amides is 1. The molecule has 120 valence electrons. The molecule has 0 spiro atoms. The van der Waals surface area contributed by atoms with Crippen LogP contribution in [0.2, 0.25) is 0 Å². The van der Waals surface area contributed by atoms with Crippen LogP contribution in [0.1, 0.15) is 27.2 Å². The Labute approximate surface area is 142 Å². The summed E-state index contributed by atoms with van der Waals surface area (Å²) in [5.41, 5.74) is 5.57. The molecule has 1 N–H and O–H groups in total. The molecule has 0 bridgehead atoms. The van der Waals surface area contributed by atoms with E-state index in [9.17, 15) is 4.79 Å². The van der Waals surface area contributed by atoms with Crippen molar-refractivity contribution in [3.05, 3.63) is 89.1 Å². The first-order chi connectivity index (χ1) is 11.6. The fourth-order valence-electron chi connectivity index (χ4n) is 2.55. The third-order valence-corrected chi connectivity index (χ3v) is 3.97. The second-order valence-electron chi connectivity index (χ2n) is 5.86. The van der Waals surface area contributed by atoms with Crippen LogP contribution in [0.5, 0.6) is 0 Å². The van der Waals surface area contributed by atoms with Crippen LogP contribution >= 0.6 is 0 Å². The fourth-order valence-corrected chi connectivity index (χ4v) is 2.55. The topological polar surface area (TPSA) is 42.0 Å². The average Bonchev–Trinajstić information content (AvgIpc) is 2.61.